The molecule has 1 aromatic rings. The minimum absolute atomic E-state index is 0.698. The highest BCUT2D eigenvalue weighted by Crippen LogP contribution is 2.06. The van der Waals surface area contributed by atoms with Gasteiger partial charge < -0.3 is 19.2 Å². The lowest BCUT2D eigenvalue weighted by Crippen LogP contribution is -2.20. The van der Waals surface area contributed by atoms with Crippen LogP contribution in [-0.2, 0) is 22.3 Å². The molecule has 1 aromatic heterocycles. The van der Waals surface area contributed by atoms with Crippen molar-refractivity contribution in [1.29, 1.82) is 0 Å². The molecular weight excluding hydrogens is 232 g/mol. The molecule has 0 aliphatic heterocycles. The highest BCUT2D eigenvalue weighted by molar-refractivity contribution is 4.94. The molecule has 0 fully saturated rings. The lowest BCUT2D eigenvalue weighted by atomic mass is 10.3. The van der Waals surface area contributed by atoms with Crippen LogP contribution < -0.4 is 5.32 Å². The summed E-state index contributed by atoms with van der Waals surface area (Å²) >= 11 is 0. The first kappa shape index (κ1) is 15.1. The van der Waals surface area contributed by atoms with E-state index in [1.54, 1.807) is 13.3 Å². The van der Waals surface area contributed by atoms with Gasteiger partial charge in [-0.1, -0.05) is 0 Å². The van der Waals surface area contributed by atoms with Crippen LogP contribution in [0.15, 0.2) is 10.6 Å². The number of nitrogens with one attached hydrogen (secondary N) is 1. The Morgan fingerprint density at radius 1 is 1.28 bits per heavy atom. The van der Waals surface area contributed by atoms with E-state index in [2.05, 4.69) is 10.3 Å². The molecule has 0 aromatic carbocycles. The number of hydrogen-bond acceptors (Lipinski definition) is 5. The summed E-state index contributed by atoms with van der Waals surface area (Å²) in [7, 11) is 1.71. The summed E-state index contributed by atoms with van der Waals surface area (Å²) in [6.07, 6.45) is 4.49. The lowest BCUT2D eigenvalue weighted by molar-refractivity contribution is 0.146. The maximum Gasteiger partial charge on any atom is 0.194 e. The first-order valence-corrected chi connectivity index (χ1v) is 6.57. The maximum atomic E-state index is 5.61. The zero-order chi connectivity index (χ0) is 13.1. The predicted octanol–water partition coefficient (Wildman–Crippen LogP) is 1.42. The summed E-state index contributed by atoms with van der Waals surface area (Å²) in [5.41, 5.74) is 0. The number of hydrogen-bond donors (Lipinski definition) is 1. The van der Waals surface area contributed by atoms with E-state index >= 15 is 0 Å². The number of aromatic nitrogens is 1. The van der Waals surface area contributed by atoms with Crippen molar-refractivity contribution < 1.29 is 13.9 Å². The van der Waals surface area contributed by atoms with Gasteiger partial charge in [-0.3, -0.25) is 0 Å². The van der Waals surface area contributed by atoms with Gasteiger partial charge in [-0.15, -0.1) is 0 Å². The normalized spacial score (nSPS) is 11.0. The van der Waals surface area contributed by atoms with Crippen molar-refractivity contribution >= 4 is 0 Å². The van der Waals surface area contributed by atoms with Gasteiger partial charge in [0.25, 0.3) is 0 Å². The predicted molar refractivity (Wildman–Crippen MR) is 69.8 cm³/mol. The number of methoxy groups -OCH3 is 1. The summed E-state index contributed by atoms with van der Waals surface area (Å²) in [5.74, 6) is 1.72. The Hall–Kier alpha value is -0.910. The third kappa shape index (κ3) is 6.74. The fourth-order valence-electron chi connectivity index (χ4n) is 1.56. The zero-order valence-electron chi connectivity index (χ0n) is 11.4. The highest BCUT2D eigenvalue weighted by atomic mass is 16.5. The number of nitrogens with zero attached hydrogens (tertiary/aromatic N) is 1. The molecule has 0 unspecified atom stereocenters. The van der Waals surface area contributed by atoms with Crippen molar-refractivity contribution in [3.8, 4) is 0 Å². The maximum absolute atomic E-state index is 5.61. The molecule has 0 saturated carbocycles. The van der Waals surface area contributed by atoms with Crippen LogP contribution in [0.2, 0.25) is 0 Å². The standard InChI is InChI=1S/C13H24N2O3/c1-3-17-9-6-12-11-15-13(18-12)5-4-7-14-8-10-16-2/h11,14H,3-10H2,1-2H3. The van der Waals surface area contributed by atoms with E-state index in [-0.39, 0.29) is 0 Å². The lowest BCUT2D eigenvalue weighted by Gasteiger charge is -2.02. The van der Waals surface area contributed by atoms with Crippen molar-refractivity contribution in [3.05, 3.63) is 17.8 Å². The van der Waals surface area contributed by atoms with E-state index in [0.29, 0.717) is 6.61 Å². The van der Waals surface area contributed by atoms with Crippen LogP contribution in [-0.4, -0.2) is 45.0 Å². The van der Waals surface area contributed by atoms with Crippen molar-refractivity contribution in [1.82, 2.24) is 10.3 Å². The van der Waals surface area contributed by atoms with Gasteiger partial charge >= 0.3 is 0 Å². The quantitative estimate of drug-likeness (QED) is 0.607. The summed E-state index contributed by atoms with van der Waals surface area (Å²) in [5, 5.41) is 3.29. The molecule has 5 nitrogen and oxygen atoms in total. The number of aryl methyl sites for hydroxylation is 1. The van der Waals surface area contributed by atoms with Gasteiger partial charge in [0.2, 0.25) is 0 Å². The van der Waals surface area contributed by atoms with E-state index in [1.165, 1.54) is 0 Å². The van der Waals surface area contributed by atoms with Gasteiger partial charge in [0.1, 0.15) is 5.76 Å². The molecular formula is C13H24N2O3. The smallest absolute Gasteiger partial charge is 0.194 e. The second kappa shape index (κ2) is 10.1. The van der Waals surface area contributed by atoms with Crippen LogP contribution in [0.5, 0.6) is 0 Å². The minimum Gasteiger partial charge on any atom is -0.446 e. The van der Waals surface area contributed by atoms with Crippen LogP contribution >= 0.6 is 0 Å². The Morgan fingerprint density at radius 2 is 2.17 bits per heavy atom. The number of ether oxygens (including phenoxy) is 2. The molecule has 104 valence electrons. The van der Waals surface area contributed by atoms with Crippen molar-refractivity contribution in [2.24, 2.45) is 0 Å². The monoisotopic (exact) mass is 256 g/mol. The average Bonchev–Trinajstić information content (AvgIpc) is 2.82. The molecule has 0 amide bonds. The molecule has 0 bridgehead atoms. The van der Waals surface area contributed by atoms with Crippen molar-refractivity contribution in [2.75, 3.05) is 40.0 Å². The molecule has 1 N–H and O–H groups in total. The third-order valence-electron chi connectivity index (χ3n) is 2.53. The van der Waals surface area contributed by atoms with Crippen molar-refractivity contribution in [2.45, 2.75) is 26.2 Å². The minimum atomic E-state index is 0.698. The van der Waals surface area contributed by atoms with E-state index in [0.717, 1.165) is 57.2 Å². The van der Waals surface area contributed by atoms with Gasteiger partial charge in [0, 0.05) is 33.1 Å². The molecule has 5 heteroatoms. The Morgan fingerprint density at radius 3 is 2.94 bits per heavy atom. The molecule has 1 rings (SSSR count). The summed E-state index contributed by atoms with van der Waals surface area (Å²) in [4.78, 5) is 4.25. The van der Waals surface area contributed by atoms with Crippen LogP contribution in [0.25, 0.3) is 0 Å². The van der Waals surface area contributed by atoms with Crippen molar-refractivity contribution in [3.63, 3.8) is 0 Å². The van der Waals surface area contributed by atoms with E-state index in [4.69, 9.17) is 13.9 Å². The number of rotatable bonds is 11. The van der Waals surface area contributed by atoms with E-state index < -0.39 is 0 Å². The molecule has 0 radical (unpaired) electrons. The molecule has 0 aliphatic rings. The molecule has 1 heterocycles. The molecule has 0 aliphatic carbocycles. The molecule has 18 heavy (non-hydrogen) atoms. The highest BCUT2D eigenvalue weighted by Gasteiger charge is 2.03. The Balaban J connectivity index is 2.07. The number of oxazole rings is 1. The van der Waals surface area contributed by atoms with Gasteiger partial charge in [-0.25, -0.2) is 4.98 Å². The molecule has 0 spiro atoms. The fourth-order valence-corrected chi connectivity index (χ4v) is 1.56. The first-order valence-electron chi connectivity index (χ1n) is 6.57. The van der Waals surface area contributed by atoms with Crippen LogP contribution in [0.1, 0.15) is 25.0 Å². The van der Waals surface area contributed by atoms with Gasteiger partial charge in [0.05, 0.1) is 19.4 Å². The largest absolute Gasteiger partial charge is 0.446 e. The second-order valence-corrected chi connectivity index (χ2v) is 4.01. The Kier molecular flexibility index (Phi) is 8.46. The summed E-state index contributed by atoms with van der Waals surface area (Å²) in [6, 6.07) is 0. The van der Waals surface area contributed by atoms with Crippen LogP contribution in [0.3, 0.4) is 0 Å². The zero-order valence-corrected chi connectivity index (χ0v) is 11.4. The van der Waals surface area contributed by atoms with E-state index in [9.17, 15) is 0 Å². The van der Waals surface area contributed by atoms with Gasteiger partial charge in [-0.2, -0.15) is 0 Å². The molecule has 0 saturated heterocycles. The summed E-state index contributed by atoms with van der Waals surface area (Å²) in [6.45, 7) is 6.03. The fraction of sp³-hybridized carbons (Fsp3) is 0.769. The first-order chi connectivity index (χ1) is 8.86. The van der Waals surface area contributed by atoms with Crippen LogP contribution in [0, 0.1) is 0 Å². The van der Waals surface area contributed by atoms with E-state index in [1.807, 2.05) is 6.92 Å². The Labute approximate surface area is 109 Å². The third-order valence-corrected chi connectivity index (χ3v) is 2.53. The van der Waals surface area contributed by atoms with Gasteiger partial charge in [0.15, 0.2) is 5.89 Å². The Bertz CT molecular complexity index is 302. The second-order valence-electron chi connectivity index (χ2n) is 4.01. The van der Waals surface area contributed by atoms with Gasteiger partial charge in [-0.05, 0) is 19.9 Å². The van der Waals surface area contributed by atoms with Crippen LogP contribution in [0.4, 0.5) is 0 Å². The SMILES string of the molecule is CCOCCc1cnc(CCCNCCOC)o1. The summed E-state index contributed by atoms with van der Waals surface area (Å²) < 4.78 is 15.8. The topological polar surface area (TPSA) is 56.5 Å². The average molecular weight is 256 g/mol. The molecule has 0 atom stereocenters.